The summed E-state index contributed by atoms with van der Waals surface area (Å²) in [5.41, 5.74) is 0. The molecule has 1 heterocycles. The van der Waals surface area contributed by atoms with Crippen molar-refractivity contribution in [2.75, 3.05) is 6.61 Å². The Morgan fingerprint density at radius 1 is 1.44 bits per heavy atom. The lowest BCUT2D eigenvalue weighted by molar-refractivity contribution is -0.124. The highest BCUT2D eigenvalue weighted by Crippen LogP contribution is 2.33. The summed E-state index contributed by atoms with van der Waals surface area (Å²) in [4.78, 5) is 12.2. The number of hydrogen-bond donors (Lipinski definition) is 0. The van der Waals surface area contributed by atoms with Gasteiger partial charge in [0.2, 0.25) is 0 Å². The molecule has 0 aromatic rings. The van der Waals surface area contributed by atoms with Gasteiger partial charge in [-0.25, -0.2) is 0 Å². The molecule has 16 heavy (non-hydrogen) atoms. The second kappa shape index (κ2) is 5.51. The lowest BCUT2D eigenvalue weighted by Gasteiger charge is -2.28. The lowest BCUT2D eigenvalue weighted by atomic mass is 9.78. The van der Waals surface area contributed by atoms with Crippen LogP contribution in [0.2, 0.25) is 0 Å². The first-order valence-electron chi connectivity index (χ1n) is 6.68. The van der Waals surface area contributed by atoms with Crippen LogP contribution in [0.5, 0.6) is 0 Å². The Labute approximate surface area is 98.1 Å². The standard InChI is InChI=1S/C14H22O2/c1-2-11-6-5-7-12(10-11)14(15)13-8-3-4-9-16-13/h8,11-12H,2-7,9-10H2,1H3. The van der Waals surface area contributed by atoms with Crippen LogP contribution in [-0.4, -0.2) is 12.4 Å². The number of allylic oxidation sites excluding steroid dienone is 2. The molecule has 0 bridgehead atoms. The van der Waals surface area contributed by atoms with Gasteiger partial charge in [0.25, 0.3) is 0 Å². The van der Waals surface area contributed by atoms with Crippen LogP contribution in [0, 0.1) is 11.8 Å². The van der Waals surface area contributed by atoms with E-state index in [2.05, 4.69) is 6.92 Å². The maximum absolute atomic E-state index is 12.2. The van der Waals surface area contributed by atoms with Gasteiger partial charge in [0, 0.05) is 5.92 Å². The van der Waals surface area contributed by atoms with E-state index >= 15 is 0 Å². The van der Waals surface area contributed by atoms with Crippen molar-refractivity contribution < 1.29 is 9.53 Å². The highest BCUT2D eigenvalue weighted by Gasteiger charge is 2.29. The topological polar surface area (TPSA) is 26.3 Å². The zero-order valence-electron chi connectivity index (χ0n) is 10.2. The molecule has 2 unspecified atom stereocenters. The van der Waals surface area contributed by atoms with Gasteiger partial charge in [-0.15, -0.1) is 0 Å². The molecule has 0 N–H and O–H groups in total. The summed E-state index contributed by atoms with van der Waals surface area (Å²) >= 11 is 0. The largest absolute Gasteiger partial charge is 0.490 e. The first-order chi connectivity index (χ1) is 7.81. The fraction of sp³-hybridized carbons (Fsp3) is 0.786. The Balaban J connectivity index is 1.95. The quantitative estimate of drug-likeness (QED) is 0.731. The van der Waals surface area contributed by atoms with Gasteiger partial charge in [-0.3, -0.25) is 4.79 Å². The average Bonchev–Trinajstić information content (AvgIpc) is 2.39. The first-order valence-corrected chi connectivity index (χ1v) is 6.68. The van der Waals surface area contributed by atoms with Gasteiger partial charge in [-0.05, 0) is 37.7 Å². The van der Waals surface area contributed by atoms with Crippen molar-refractivity contribution in [3.63, 3.8) is 0 Å². The molecule has 2 rings (SSSR count). The van der Waals surface area contributed by atoms with Crippen molar-refractivity contribution >= 4 is 5.78 Å². The molecule has 0 aromatic carbocycles. The highest BCUT2D eigenvalue weighted by molar-refractivity contribution is 5.95. The molecular weight excluding hydrogens is 200 g/mol. The number of hydrogen-bond acceptors (Lipinski definition) is 2. The van der Waals surface area contributed by atoms with Crippen molar-refractivity contribution in [3.05, 3.63) is 11.8 Å². The number of Topliss-reactive ketones (excluding diaryl/α,β-unsaturated/α-hetero) is 1. The number of ketones is 1. The van der Waals surface area contributed by atoms with Gasteiger partial charge in [0.05, 0.1) is 6.61 Å². The fourth-order valence-electron chi connectivity index (χ4n) is 2.83. The van der Waals surface area contributed by atoms with E-state index in [9.17, 15) is 4.79 Å². The maximum Gasteiger partial charge on any atom is 0.200 e. The predicted molar refractivity (Wildman–Crippen MR) is 64.0 cm³/mol. The van der Waals surface area contributed by atoms with Crippen LogP contribution in [0.25, 0.3) is 0 Å². The molecule has 0 spiro atoms. The van der Waals surface area contributed by atoms with Crippen LogP contribution >= 0.6 is 0 Å². The van der Waals surface area contributed by atoms with Crippen molar-refractivity contribution in [1.82, 2.24) is 0 Å². The van der Waals surface area contributed by atoms with Crippen LogP contribution in [0.15, 0.2) is 11.8 Å². The Hall–Kier alpha value is -0.790. The molecule has 0 radical (unpaired) electrons. The third-order valence-electron chi connectivity index (χ3n) is 3.91. The molecule has 2 heteroatoms. The molecule has 0 saturated heterocycles. The molecule has 1 saturated carbocycles. The number of carbonyl (C=O) groups excluding carboxylic acids is 1. The third-order valence-corrected chi connectivity index (χ3v) is 3.91. The monoisotopic (exact) mass is 222 g/mol. The van der Waals surface area contributed by atoms with E-state index in [1.807, 2.05) is 6.08 Å². The Morgan fingerprint density at radius 2 is 2.31 bits per heavy atom. The molecule has 2 nitrogen and oxygen atoms in total. The number of rotatable bonds is 3. The molecule has 0 amide bonds. The minimum absolute atomic E-state index is 0.239. The van der Waals surface area contributed by atoms with Crippen molar-refractivity contribution in [2.24, 2.45) is 11.8 Å². The van der Waals surface area contributed by atoms with E-state index in [1.165, 1.54) is 19.3 Å². The summed E-state index contributed by atoms with van der Waals surface area (Å²) in [7, 11) is 0. The van der Waals surface area contributed by atoms with Crippen LogP contribution < -0.4 is 0 Å². The van der Waals surface area contributed by atoms with Crippen molar-refractivity contribution in [1.29, 1.82) is 0 Å². The van der Waals surface area contributed by atoms with Gasteiger partial charge in [-0.1, -0.05) is 26.2 Å². The van der Waals surface area contributed by atoms with Gasteiger partial charge in [0.1, 0.15) is 0 Å². The predicted octanol–water partition coefficient (Wildman–Crippen LogP) is 3.47. The van der Waals surface area contributed by atoms with Gasteiger partial charge >= 0.3 is 0 Å². The number of ether oxygens (including phenoxy) is 1. The Kier molecular flexibility index (Phi) is 4.03. The van der Waals surface area contributed by atoms with E-state index in [-0.39, 0.29) is 11.7 Å². The van der Waals surface area contributed by atoms with Crippen molar-refractivity contribution in [2.45, 2.75) is 51.9 Å². The molecule has 1 aliphatic carbocycles. The zero-order valence-corrected chi connectivity index (χ0v) is 10.2. The van der Waals surface area contributed by atoms with E-state index in [0.29, 0.717) is 5.76 Å². The molecule has 0 aromatic heterocycles. The minimum atomic E-state index is 0.239. The van der Waals surface area contributed by atoms with Gasteiger partial charge in [-0.2, -0.15) is 0 Å². The minimum Gasteiger partial charge on any atom is -0.490 e. The summed E-state index contributed by atoms with van der Waals surface area (Å²) in [6.45, 7) is 2.95. The SMILES string of the molecule is CCC1CCCC(C(=O)C2=CCCCO2)C1. The first kappa shape index (κ1) is 11.7. The number of carbonyl (C=O) groups is 1. The molecule has 2 atom stereocenters. The second-order valence-electron chi connectivity index (χ2n) is 5.06. The summed E-state index contributed by atoms with van der Waals surface area (Å²) in [6, 6.07) is 0. The summed E-state index contributed by atoms with van der Waals surface area (Å²) in [5, 5.41) is 0. The van der Waals surface area contributed by atoms with E-state index in [0.717, 1.165) is 38.2 Å². The summed E-state index contributed by atoms with van der Waals surface area (Å²) in [6.07, 6.45) is 9.92. The van der Waals surface area contributed by atoms with E-state index in [4.69, 9.17) is 4.74 Å². The van der Waals surface area contributed by atoms with Gasteiger partial charge < -0.3 is 4.74 Å². The average molecular weight is 222 g/mol. The molecular formula is C14H22O2. The van der Waals surface area contributed by atoms with Crippen LogP contribution in [-0.2, 0) is 9.53 Å². The Bertz CT molecular complexity index is 280. The van der Waals surface area contributed by atoms with Crippen LogP contribution in [0.4, 0.5) is 0 Å². The van der Waals surface area contributed by atoms with Crippen molar-refractivity contribution in [3.8, 4) is 0 Å². The summed E-state index contributed by atoms with van der Waals surface area (Å²) < 4.78 is 5.47. The van der Waals surface area contributed by atoms with Crippen LogP contribution in [0.1, 0.15) is 51.9 Å². The van der Waals surface area contributed by atoms with Crippen LogP contribution in [0.3, 0.4) is 0 Å². The smallest absolute Gasteiger partial charge is 0.200 e. The fourth-order valence-corrected chi connectivity index (χ4v) is 2.83. The summed E-state index contributed by atoms with van der Waals surface area (Å²) in [5.74, 6) is 1.93. The molecule has 90 valence electrons. The molecule has 2 aliphatic rings. The maximum atomic E-state index is 12.2. The molecule has 1 aliphatic heterocycles. The molecule has 1 fully saturated rings. The van der Waals surface area contributed by atoms with Gasteiger partial charge in [0.15, 0.2) is 11.5 Å². The Morgan fingerprint density at radius 3 is 3.00 bits per heavy atom. The second-order valence-corrected chi connectivity index (χ2v) is 5.06. The lowest BCUT2D eigenvalue weighted by Crippen LogP contribution is -2.25. The normalized spacial score (nSPS) is 30.4. The zero-order chi connectivity index (χ0) is 11.4. The highest BCUT2D eigenvalue weighted by atomic mass is 16.5. The third kappa shape index (κ3) is 2.66. The van der Waals surface area contributed by atoms with E-state index < -0.39 is 0 Å². The van der Waals surface area contributed by atoms with E-state index in [1.54, 1.807) is 0 Å².